The van der Waals surface area contributed by atoms with E-state index in [4.69, 9.17) is 9.88 Å². The van der Waals surface area contributed by atoms with Crippen LogP contribution >= 0.6 is 0 Å². The van der Waals surface area contributed by atoms with Crippen LogP contribution in [0.5, 0.6) is 0 Å². The van der Waals surface area contributed by atoms with Crippen molar-refractivity contribution in [2.45, 2.75) is 51.2 Å². The second-order valence-corrected chi connectivity index (χ2v) is 8.09. The first-order valence-electron chi connectivity index (χ1n) is 7.89. The third-order valence-corrected chi connectivity index (χ3v) is 5.09. The van der Waals surface area contributed by atoms with E-state index in [1.807, 2.05) is 6.07 Å². The molecule has 0 aliphatic rings. The Bertz CT molecular complexity index is 858. The molecule has 2 unspecified atom stereocenters. The van der Waals surface area contributed by atoms with Crippen molar-refractivity contribution < 1.29 is 22.7 Å². The van der Waals surface area contributed by atoms with Gasteiger partial charge >= 0.3 is 5.97 Å². The summed E-state index contributed by atoms with van der Waals surface area (Å²) < 4.78 is 28.0. The van der Waals surface area contributed by atoms with E-state index in [1.165, 1.54) is 19.1 Å². The maximum absolute atomic E-state index is 12.3. The van der Waals surface area contributed by atoms with E-state index in [1.54, 1.807) is 27.7 Å². The summed E-state index contributed by atoms with van der Waals surface area (Å²) in [5.74, 6) is -1.65. The van der Waals surface area contributed by atoms with Gasteiger partial charge in [-0.15, -0.1) is 0 Å². The predicted octanol–water partition coefficient (Wildman–Crippen LogP) is 1.24. The quantitative estimate of drug-likeness (QED) is 0.711. The van der Waals surface area contributed by atoms with Crippen molar-refractivity contribution in [3.63, 3.8) is 0 Å². The third kappa shape index (κ3) is 5.03. The van der Waals surface area contributed by atoms with Gasteiger partial charge in [0.1, 0.15) is 5.54 Å². The molecule has 1 amide bonds. The topological polar surface area (TPSA) is 139 Å². The van der Waals surface area contributed by atoms with Crippen LogP contribution in [0.25, 0.3) is 0 Å². The Labute approximate surface area is 153 Å². The van der Waals surface area contributed by atoms with Crippen LogP contribution in [0.15, 0.2) is 23.1 Å². The lowest BCUT2D eigenvalue weighted by molar-refractivity contribution is -0.130. The Kier molecular flexibility index (Phi) is 6.52. The zero-order chi connectivity index (χ0) is 20.3. The Balaban J connectivity index is 2.98. The van der Waals surface area contributed by atoms with Gasteiger partial charge in [0.2, 0.25) is 10.0 Å². The van der Waals surface area contributed by atoms with Gasteiger partial charge in [-0.1, -0.05) is 19.9 Å². The first-order chi connectivity index (χ1) is 11.8. The number of primary sulfonamides is 1. The number of nitrogens with zero attached hydrogens (tertiary/aromatic N) is 1. The summed E-state index contributed by atoms with van der Waals surface area (Å²) in [6.07, 6.45) is -1.17. The SMILES string of the molecule is Cc1ccc(S(N)(=O)=O)cc1C(=O)OC(C)C(=O)NC(C)(C#N)C(C)C. The molecule has 0 radical (unpaired) electrons. The van der Waals surface area contributed by atoms with Gasteiger partial charge in [0.15, 0.2) is 6.10 Å². The molecule has 9 heteroatoms. The van der Waals surface area contributed by atoms with Crippen molar-refractivity contribution in [1.82, 2.24) is 5.32 Å². The van der Waals surface area contributed by atoms with Crippen LogP contribution in [0.2, 0.25) is 0 Å². The van der Waals surface area contributed by atoms with Crippen LogP contribution in [-0.4, -0.2) is 31.9 Å². The molecule has 26 heavy (non-hydrogen) atoms. The summed E-state index contributed by atoms with van der Waals surface area (Å²) >= 11 is 0. The van der Waals surface area contributed by atoms with Crippen molar-refractivity contribution >= 4 is 21.9 Å². The monoisotopic (exact) mass is 381 g/mol. The Morgan fingerprint density at radius 2 is 1.88 bits per heavy atom. The zero-order valence-electron chi connectivity index (χ0n) is 15.4. The number of sulfonamides is 1. The summed E-state index contributed by atoms with van der Waals surface area (Å²) in [6.45, 7) is 8.10. The average molecular weight is 381 g/mol. The fraction of sp³-hybridized carbons (Fsp3) is 0.471. The molecular weight excluding hydrogens is 358 g/mol. The highest BCUT2D eigenvalue weighted by atomic mass is 32.2. The highest BCUT2D eigenvalue weighted by Crippen LogP contribution is 2.18. The summed E-state index contributed by atoms with van der Waals surface area (Å²) in [7, 11) is -3.98. The summed E-state index contributed by atoms with van der Waals surface area (Å²) in [6, 6.07) is 5.83. The van der Waals surface area contributed by atoms with Gasteiger partial charge < -0.3 is 10.1 Å². The fourth-order valence-electron chi connectivity index (χ4n) is 1.93. The highest BCUT2D eigenvalue weighted by Gasteiger charge is 2.32. The molecule has 0 bridgehead atoms. The van der Waals surface area contributed by atoms with Crippen molar-refractivity contribution in [3.05, 3.63) is 29.3 Å². The highest BCUT2D eigenvalue weighted by molar-refractivity contribution is 7.89. The Hall–Kier alpha value is -2.44. The number of amides is 1. The Morgan fingerprint density at radius 1 is 1.31 bits per heavy atom. The molecule has 0 saturated heterocycles. The summed E-state index contributed by atoms with van der Waals surface area (Å²) in [4.78, 5) is 24.3. The normalized spacial score (nSPS) is 14.8. The molecule has 0 aromatic heterocycles. The molecule has 0 fully saturated rings. The molecule has 142 valence electrons. The smallest absolute Gasteiger partial charge is 0.339 e. The molecule has 0 spiro atoms. The molecule has 0 saturated carbocycles. The van der Waals surface area contributed by atoms with Crippen LogP contribution in [0, 0.1) is 24.2 Å². The van der Waals surface area contributed by atoms with E-state index in [2.05, 4.69) is 5.32 Å². The molecule has 0 aliphatic carbocycles. The van der Waals surface area contributed by atoms with Crippen molar-refractivity contribution in [1.29, 1.82) is 5.26 Å². The van der Waals surface area contributed by atoms with Gasteiger partial charge in [0.05, 0.1) is 16.5 Å². The van der Waals surface area contributed by atoms with Gasteiger partial charge in [-0.2, -0.15) is 5.26 Å². The number of benzene rings is 1. The number of nitrogens with two attached hydrogens (primary N) is 1. The summed E-state index contributed by atoms with van der Waals surface area (Å²) in [5, 5.41) is 16.9. The Morgan fingerprint density at radius 3 is 2.35 bits per heavy atom. The van der Waals surface area contributed by atoms with Crippen molar-refractivity contribution in [2.75, 3.05) is 0 Å². The minimum Gasteiger partial charge on any atom is -0.449 e. The summed E-state index contributed by atoms with van der Waals surface area (Å²) in [5.41, 5.74) is -0.650. The lowest BCUT2D eigenvalue weighted by Gasteiger charge is -2.28. The number of hydrogen-bond acceptors (Lipinski definition) is 6. The van der Waals surface area contributed by atoms with Crippen LogP contribution in [0.4, 0.5) is 0 Å². The van der Waals surface area contributed by atoms with E-state index >= 15 is 0 Å². The number of rotatable bonds is 6. The second-order valence-electron chi connectivity index (χ2n) is 6.53. The maximum atomic E-state index is 12.3. The largest absolute Gasteiger partial charge is 0.449 e. The minimum atomic E-state index is -3.98. The predicted molar refractivity (Wildman–Crippen MR) is 94.4 cm³/mol. The van der Waals surface area contributed by atoms with E-state index in [9.17, 15) is 23.3 Å². The van der Waals surface area contributed by atoms with Gasteiger partial charge in [-0.05, 0) is 44.4 Å². The molecule has 1 aromatic carbocycles. The van der Waals surface area contributed by atoms with Crippen molar-refractivity contribution in [2.24, 2.45) is 11.1 Å². The number of nitrogens with one attached hydrogen (secondary N) is 1. The molecule has 2 atom stereocenters. The number of nitriles is 1. The van der Waals surface area contributed by atoms with Crippen LogP contribution in [0.3, 0.4) is 0 Å². The van der Waals surface area contributed by atoms with Gasteiger partial charge in [0, 0.05) is 0 Å². The van der Waals surface area contributed by atoms with E-state index < -0.39 is 33.5 Å². The lowest BCUT2D eigenvalue weighted by atomic mass is 9.90. The minimum absolute atomic E-state index is 0.0110. The third-order valence-electron chi connectivity index (χ3n) is 4.18. The molecular formula is C17H23N3O5S. The molecule has 8 nitrogen and oxygen atoms in total. The van der Waals surface area contributed by atoms with Crippen LogP contribution in [-0.2, 0) is 19.6 Å². The molecule has 0 aliphatic heterocycles. The number of carbonyl (C=O) groups excluding carboxylic acids is 2. The van der Waals surface area contributed by atoms with Crippen molar-refractivity contribution in [3.8, 4) is 6.07 Å². The molecule has 1 aromatic rings. The lowest BCUT2D eigenvalue weighted by Crippen LogP contribution is -2.52. The molecule has 1 rings (SSSR count). The van der Waals surface area contributed by atoms with E-state index in [0.717, 1.165) is 6.07 Å². The first kappa shape index (κ1) is 21.6. The molecule has 0 heterocycles. The number of ether oxygens (including phenoxy) is 1. The van der Waals surface area contributed by atoms with Crippen LogP contribution in [0.1, 0.15) is 43.6 Å². The fourth-order valence-corrected chi connectivity index (χ4v) is 2.47. The average Bonchev–Trinajstić information content (AvgIpc) is 2.53. The van der Waals surface area contributed by atoms with E-state index in [0.29, 0.717) is 5.56 Å². The molecule has 3 N–H and O–H groups in total. The van der Waals surface area contributed by atoms with Gasteiger partial charge in [0.25, 0.3) is 5.91 Å². The second kappa shape index (κ2) is 7.85. The number of aryl methyl sites for hydroxylation is 1. The van der Waals surface area contributed by atoms with E-state index in [-0.39, 0.29) is 16.4 Å². The van der Waals surface area contributed by atoms with Crippen LogP contribution < -0.4 is 10.5 Å². The number of carbonyl (C=O) groups is 2. The number of hydrogen-bond donors (Lipinski definition) is 2. The zero-order valence-corrected chi connectivity index (χ0v) is 16.2. The van der Waals surface area contributed by atoms with Gasteiger partial charge in [-0.25, -0.2) is 18.4 Å². The van der Waals surface area contributed by atoms with Gasteiger partial charge in [-0.3, -0.25) is 4.79 Å². The maximum Gasteiger partial charge on any atom is 0.339 e. The standard InChI is InChI=1S/C17H23N3O5S/c1-10(2)17(5,9-18)20-15(21)12(4)25-16(22)14-8-13(26(19,23)24)7-6-11(14)3/h6-8,10,12H,1-5H3,(H,20,21)(H2,19,23,24). The first-order valence-corrected chi connectivity index (χ1v) is 9.44. The number of esters is 1.